The predicted octanol–water partition coefficient (Wildman–Crippen LogP) is 4.14. The van der Waals surface area contributed by atoms with Gasteiger partial charge in [-0.05, 0) is 116 Å². The number of methoxy groups -OCH3 is 1. The Morgan fingerprint density at radius 1 is 0.634 bits per heavy atom. The lowest BCUT2D eigenvalue weighted by Crippen LogP contribution is -2.62. The molecule has 7 aromatic rings. The molecule has 1 fully saturated rings. The number of amides is 9. The highest BCUT2D eigenvalue weighted by Gasteiger charge is 2.48. The zero-order valence-corrected chi connectivity index (χ0v) is 57.3. The Kier molecular flexibility index (Phi) is 26.1. The number of imidazole rings is 1. The summed E-state index contributed by atoms with van der Waals surface area (Å²) in [6.07, 6.45) is 3.27. The molecule has 31 heteroatoms. The summed E-state index contributed by atoms with van der Waals surface area (Å²) >= 11 is 3.04. The van der Waals surface area contributed by atoms with Gasteiger partial charge in [0.2, 0.25) is 53.2 Å². The molecule has 4 aromatic carbocycles. The lowest BCUT2D eigenvalue weighted by molar-refractivity contribution is -0.146. The van der Waals surface area contributed by atoms with E-state index in [-0.39, 0.29) is 74.5 Å². The lowest BCUT2D eigenvalue weighted by Gasteiger charge is -2.36. The first-order valence-electron chi connectivity index (χ1n) is 32.9. The third-order valence-corrected chi connectivity index (χ3v) is 19.7. The molecule has 0 spiro atoms. The number of carbonyl (C=O) groups excluding carboxylic acids is 9. The Balaban J connectivity index is 1.06. The molecule has 27 nitrogen and oxygen atoms in total. The summed E-state index contributed by atoms with van der Waals surface area (Å²) < 4.78 is 35.3. The standard InChI is InChI=1S/C70H81F2N13O14S2/c1-39-62(91)80-54(27-43-33-75-51-17-13-45(71)29-49(43)51)64(93)81-55(28-44-34-76-52-18-14-46(72)30-50(44)52)65(94)83-57(32-61(89)90)67(96)82-56(31-47-35-73-38-77-47)66(95)84-58(26-40-11-15-48(99-3)16-12-40)68(97)85-22-6-20-70(85,2)69(98)74-21-24-101-37-42-8-4-7-41(25-42)36-100-23-19-59(86)79-53(63(92)78-39)9-5-10-60(87)88/h4,7-8,11-18,25,29-30,33-35,38-39,53-58,75-76H,5-6,9-10,19-24,26-28,31-32,36-37H2,1-3H3,(H,73,77)(H,74,98)(H,78,92)(H,79,86)(H,80,91)(H,81,93)(H,82,96)(H,83,94)(H,84,95)(H,87,88)(H,89,90)/t39-,53+,54+,55+,56+,57+,58+,70+/m1/s1. The number of carbonyl (C=O) groups is 11. The van der Waals surface area contributed by atoms with Crippen LogP contribution < -0.4 is 47.3 Å². The van der Waals surface area contributed by atoms with Gasteiger partial charge in [0, 0.05) is 121 Å². The van der Waals surface area contributed by atoms with Gasteiger partial charge in [0.05, 0.1) is 19.9 Å². The number of aromatic nitrogens is 4. The number of fused-ring (bicyclic) bond motifs is 5. The first-order chi connectivity index (χ1) is 48.4. The smallest absolute Gasteiger partial charge is 0.305 e. The van der Waals surface area contributed by atoms with Crippen molar-refractivity contribution in [3.8, 4) is 5.75 Å². The van der Waals surface area contributed by atoms with Gasteiger partial charge in [-0.15, -0.1) is 0 Å². The van der Waals surface area contributed by atoms with Crippen LogP contribution in [0.2, 0.25) is 0 Å². The molecule has 9 rings (SSSR count). The molecule has 536 valence electrons. The van der Waals surface area contributed by atoms with Crippen molar-refractivity contribution in [1.29, 1.82) is 0 Å². The maximum atomic E-state index is 15.2. The van der Waals surface area contributed by atoms with E-state index in [9.17, 15) is 52.6 Å². The Labute approximate surface area is 587 Å². The van der Waals surface area contributed by atoms with E-state index in [1.165, 1.54) is 85.9 Å². The first-order valence-corrected chi connectivity index (χ1v) is 35.2. The van der Waals surface area contributed by atoms with Crippen molar-refractivity contribution in [3.63, 3.8) is 0 Å². The molecule has 0 unspecified atom stereocenters. The summed E-state index contributed by atoms with van der Waals surface area (Å²) in [7, 11) is 1.48. The number of benzene rings is 4. The van der Waals surface area contributed by atoms with Crippen molar-refractivity contribution >= 4 is 110 Å². The van der Waals surface area contributed by atoms with Gasteiger partial charge in [-0.1, -0.05) is 36.4 Å². The normalized spacial score (nSPS) is 22.7. The molecule has 5 heterocycles. The van der Waals surface area contributed by atoms with E-state index in [1.54, 1.807) is 43.0 Å². The average Bonchev–Trinajstić information content (AvgIpc) is 1.69. The van der Waals surface area contributed by atoms with E-state index in [2.05, 4.69) is 62.5 Å². The summed E-state index contributed by atoms with van der Waals surface area (Å²) in [6.45, 7) is 3.33. The molecule has 0 saturated carbocycles. The minimum absolute atomic E-state index is 0.0399. The van der Waals surface area contributed by atoms with Crippen molar-refractivity contribution in [2.75, 3.05) is 31.7 Å². The number of aliphatic carboxylic acids is 2. The number of hydrogen-bond acceptors (Lipinski definition) is 15. The van der Waals surface area contributed by atoms with Crippen molar-refractivity contribution < 1.29 is 76.5 Å². The maximum absolute atomic E-state index is 15.2. The van der Waals surface area contributed by atoms with Gasteiger partial charge in [-0.2, -0.15) is 23.5 Å². The number of rotatable bonds is 15. The number of ether oxygens (including phenoxy) is 1. The molecule has 9 amide bonds. The molecule has 3 aromatic heterocycles. The van der Waals surface area contributed by atoms with E-state index in [0.29, 0.717) is 62.9 Å². The van der Waals surface area contributed by atoms with E-state index >= 15 is 19.2 Å². The highest BCUT2D eigenvalue weighted by atomic mass is 32.2. The van der Waals surface area contributed by atoms with Gasteiger partial charge in [-0.25, -0.2) is 13.8 Å². The van der Waals surface area contributed by atoms with Gasteiger partial charge >= 0.3 is 11.9 Å². The second kappa shape index (κ2) is 35.1. The topological polar surface area (TPSA) is 397 Å². The fraction of sp³-hybridized carbons (Fsp3) is 0.400. The Bertz CT molecular complexity index is 4160. The number of carboxylic acids is 2. The number of nitrogens with one attached hydrogen (secondary N) is 11. The Morgan fingerprint density at radius 2 is 1.20 bits per heavy atom. The Morgan fingerprint density at radius 3 is 1.78 bits per heavy atom. The number of hydrogen-bond donors (Lipinski definition) is 13. The van der Waals surface area contributed by atoms with E-state index < -0.39 is 144 Å². The minimum Gasteiger partial charge on any atom is -0.497 e. The summed E-state index contributed by atoms with van der Waals surface area (Å²) in [4.78, 5) is 170. The first kappa shape index (κ1) is 74.9. The van der Waals surface area contributed by atoms with Crippen LogP contribution >= 0.6 is 23.5 Å². The Hall–Kier alpha value is -10.3. The maximum Gasteiger partial charge on any atom is 0.305 e. The van der Waals surface area contributed by atoms with E-state index in [1.807, 2.05) is 24.3 Å². The van der Waals surface area contributed by atoms with Gasteiger partial charge in [0.15, 0.2) is 0 Å². The van der Waals surface area contributed by atoms with E-state index in [4.69, 9.17) is 4.74 Å². The van der Waals surface area contributed by atoms with E-state index in [0.717, 1.165) is 17.2 Å². The van der Waals surface area contributed by atoms with Crippen LogP contribution in [0.15, 0.2) is 110 Å². The van der Waals surface area contributed by atoms with Crippen molar-refractivity contribution in [2.45, 2.75) is 144 Å². The molecule has 2 aliphatic rings. The molecule has 8 atom stereocenters. The molecule has 1 saturated heterocycles. The number of nitrogens with zero attached hydrogens (tertiary/aromatic N) is 2. The highest BCUT2D eigenvalue weighted by Crippen LogP contribution is 2.31. The van der Waals surface area contributed by atoms with Crippen LogP contribution in [-0.2, 0) is 89.9 Å². The minimum atomic E-state index is -2.03. The largest absolute Gasteiger partial charge is 0.497 e. The molecule has 0 radical (unpaired) electrons. The van der Waals surface area contributed by atoms with Crippen LogP contribution in [0, 0.1) is 11.6 Å². The number of H-pyrrole nitrogens is 3. The summed E-state index contributed by atoms with van der Waals surface area (Å²) in [6, 6.07) is 10.9. The quantitative estimate of drug-likeness (QED) is 0.0686. The van der Waals surface area contributed by atoms with Gasteiger partial charge in [0.25, 0.3) is 0 Å². The van der Waals surface area contributed by atoms with Crippen LogP contribution in [0.5, 0.6) is 5.75 Å². The fourth-order valence-corrected chi connectivity index (χ4v) is 13.9. The third kappa shape index (κ3) is 20.7. The highest BCUT2D eigenvalue weighted by molar-refractivity contribution is 7.98. The van der Waals surface area contributed by atoms with Crippen LogP contribution in [0.4, 0.5) is 8.78 Å². The lowest BCUT2D eigenvalue weighted by atomic mass is 9.95. The van der Waals surface area contributed by atoms with Gasteiger partial charge in [-0.3, -0.25) is 52.7 Å². The number of carboxylic acid groups (broad SMARTS) is 2. The van der Waals surface area contributed by atoms with Crippen molar-refractivity contribution in [3.05, 3.63) is 155 Å². The zero-order chi connectivity index (χ0) is 72.3. The fourth-order valence-electron chi connectivity index (χ4n) is 12.2. The number of thioether (sulfide) groups is 2. The summed E-state index contributed by atoms with van der Waals surface area (Å²) in [5.41, 5.74) is 2.85. The molecular weight excluding hydrogens is 1350 g/mol. The number of aromatic amines is 3. The molecule has 13 N–H and O–H groups in total. The SMILES string of the molecule is COc1ccc(C[C@@H]2NC(=O)[C@H](Cc3cnc[nH]3)NC(=O)[C@H](CC(=O)O)NC(=O)[C@H](Cc3c[nH]c4ccc(F)cc34)NC(=O)[C@H](Cc3c[nH]c4ccc(F)cc34)NC(=O)[C@@H](C)NC(=O)[C@H](CCCC(=O)O)NC(=O)CCSCc3cccc(c3)CSCCNC(=O)[C@]3(C)CCCN3C2=O)cc1. The van der Waals surface area contributed by atoms with Crippen molar-refractivity contribution in [2.24, 2.45) is 0 Å². The molecule has 2 bridgehead atoms. The monoisotopic (exact) mass is 1430 g/mol. The van der Waals surface area contributed by atoms with Crippen LogP contribution in [-0.4, -0.2) is 180 Å². The summed E-state index contributed by atoms with van der Waals surface area (Å²) in [5, 5.41) is 41.7. The molecule has 2 aliphatic heterocycles. The van der Waals surface area contributed by atoms with Gasteiger partial charge in [0.1, 0.15) is 65.2 Å². The van der Waals surface area contributed by atoms with Gasteiger partial charge < -0.3 is 77.3 Å². The molecule has 101 heavy (non-hydrogen) atoms. The number of halogens is 2. The predicted molar refractivity (Wildman–Crippen MR) is 372 cm³/mol. The van der Waals surface area contributed by atoms with Crippen LogP contribution in [0.1, 0.15) is 92.3 Å². The second-order valence-corrected chi connectivity index (χ2v) is 27.3. The molecular formula is C70H81F2N13O14S2. The summed E-state index contributed by atoms with van der Waals surface area (Å²) in [5.74, 6) is -9.46. The molecule has 0 aliphatic carbocycles. The van der Waals surface area contributed by atoms with Crippen molar-refractivity contribution in [1.82, 2.24) is 67.4 Å². The van der Waals surface area contributed by atoms with Crippen LogP contribution in [0.3, 0.4) is 0 Å². The third-order valence-electron chi connectivity index (χ3n) is 17.6. The van der Waals surface area contributed by atoms with Crippen LogP contribution in [0.25, 0.3) is 21.8 Å². The average molecular weight is 1430 g/mol. The second-order valence-electron chi connectivity index (χ2n) is 25.1. The zero-order valence-electron chi connectivity index (χ0n) is 55.7.